The predicted molar refractivity (Wildman–Crippen MR) is 87.7 cm³/mol. The van der Waals surface area contributed by atoms with E-state index in [1.54, 1.807) is 18.2 Å². The maximum absolute atomic E-state index is 6.11. The van der Waals surface area contributed by atoms with Crippen molar-refractivity contribution in [3.63, 3.8) is 0 Å². The predicted octanol–water partition coefficient (Wildman–Crippen LogP) is 3.89. The molecule has 0 radical (unpaired) electrons. The molecule has 7 heteroatoms. The largest absolute Gasteiger partial charge is 0.384 e. The molecule has 19 heavy (non-hydrogen) atoms. The molecule has 0 aliphatic rings. The molecule has 2 rings (SSSR count). The molecule has 0 aromatic carbocycles. The van der Waals surface area contributed by atoms with Crippen molar-refractivity contribution >= 4 is 57.4 Å². The highest BCUT2D eigenvalue weighted by atomic mass is 127. The topological polar surface area (TPSA) is 63.8 Å². The highest BCUT2D eigenvalue weighted by molar-refractivity contribution is 14.1. The highest BCUT2D eigenvalue weighted by Crippen LogP contribution is 2.24. The van der Waals surface area contributed by atoms with E-state index in [1.165, 1.54) is 0 Å². The van der Waals surface area contributed by atoms with Crippen molar-refractivity contribution in [2.24, 2.45) is 0 Å². The number of pyridine rings is 2. The van der Waals surface area contributed by atoms with Crippen LogP contribution in [0.4, 0.5) is 11.6 Å². The summed E-state index contributed by atoms with van der Waals surface area (Å²) < 4.78 is 0.954. The van der Waals surface area contributed by atoms with Crippen LogP contribution >= 0.6 is 45.8 Å². The zero-order chi connectivity index (χ0) is 14.0. The van der Waals surface area contributed by atoms with Crippen molar-refractivity contribution in [1.29, 1.82) is 0 Å². The monoisotopic (exact) mass is 408 g/mol. The van der Waals surface area contributed by atoms with Gasteiger partial charge in [-0.05, 0) is 41.6 Å². The lowest BCUT2D eigenvalue weighted by Gasteiger charge is -2.09. The molecule has 0 saturated carbocycles. The van der Waals surface area contributed by atoms with E-state index in [2.05, 4.69) is 37.9 Å². The third-order valence-electron chi connectivity index (χ3n) is 2.39. The number of aryl methyl sites for hydroxylation is 1. The molecule has 2 aromatic heterocycles. The molecule has 0 aliphatic carbocycles. The molecule has 2 aromatic rings. The molecule has 2 heterocycles. The maximum atomic E-state index is 6.11. The van der Waals surface area contributed by atoms with Crippen LogP contribution in [-0.2, 0) is 6.54 Å². The Morgan fingerprint density at radius 1 is 1.26 bits per heavy atom. The van der Waals surface area contributed by atoms with Crippen LogP contribution in [0.25, 0.3) is 0 Å². The van der Waals surface area contributed by atoms with Crippen molar-refractivity contribution in [2.45, 2.75) is 13.5 Å². The average molecular weight is 409 g/mol. The smallest absolute Gasteiger partial charge is 0.128 e. The van der Waals surface area contributed by atoms with Crippen LogP contribution < -0.4 is 11.1 Å². The molecular formula is C12H11Cl2IN4. The van der Waals surface area contributed by atoms with Gasteiger partial charge in [-0.1, -0.05) is 23.2 Å². The zero-order valence-electron chi connectivity index (χ0n) is 10.0. The Kier molecular flexibility index (Phi) is 4.70. The van der Waals surface area contributed by atoms with E-state index >= 15 is 0 Å². The highest BCUT2D eigenvalue weighted by Gasteiger charge is 2.06. The number of nitrogens with two attached hydrogens (primary N) is 1. The Hall–Kier alpha value is -0.790. The van der Waals surface area contributed by atoms with Gasteiger partial charge in [-0.25, -0.2) is 9.97 Å². The van der Waals surface area contributed by atoms with E-state index in [4.69, 9.17) is 28.9 Å². The molecule has 0 saturated heterocycles. The third kappa shape index (κ3) is 3.84. The number of anilines is 2. The first-order valence-electron chi connectivity index (χ1n) is 5.44. The molecule has 0 amide bonds. The molecule has 0 aliphatic heterocycles. The van der Waals surface area contributed by atoms with Crippen LogP contribution in [0.3, 0.4) is 0 Å². The number of nitrogen functional groups attached to an aromatic ring is 1. The van der Waals surface area contributed by atoms with Gasteiger partial charge in [-0.15, -0.1) is 0 Å². The lowest BCUT2D eigenvalue weighted by atomic mass is 10.3. The standard InChI is InChI=1S/C12H11Cl2IN4/c1-6-12(15)9(14)4-11(18-6)17-5-8-2-7(13)3-10(16)19-8/h2-4H,5H2,1H3,(H2,16,19)(H,17,18). The number of nitrogens with one attached hydrogen (secondary N) is 1. The molecule has 0 spiro atoms. The second-order valence-electron chi connectivity index (χ2n) is 3.94. The first-order valence-corrected chi connectivity index (χ1v) is 7.27. The van der Waals surface area contributed by atoms with E-state index in [1.807, 2.05) is 6.92 Å². The summed E-state index contributed by atoms with van der Waals surface area (Å²) in [7, 11) is 0. The molecule has 100 valence electrons. The second kappa shape index (κ2) is 6.11. The minimum absolute atomic E-state index is 0.397. The maximum Gasteiger partial charge on any atom is 0.128 e. The minimum atomic E-state index is 0.397. The van der Waals surface area contributed by atoms with Gasteiger partial charge in [0, 0.05) is 11.1 Å². The Morgan fingerprint density at radius 3 is 2.63 bits per heavy atom. The van der Waals surface area contributed by atoms with Crippen LogP contribution in [0.15, 0.2) is 18.2 Å². The lowest BCUT2D eigenvalue weighted by Crippen LogP contribution is -2.06. The molecule has 0 atom stereocenters. The van der Waals surface area contributed by atoms with Crippen LogP contribution in [0.2, 0.25) is 10.0 Å². The van der Waals surface area contributed by atoms with Crippen molar-refractivity contribution in [2.75, 3.05) is 11.1 Å². The summed E-state index contributed by atoms with van der Waals surface area (Å²) in [5, 5.41) is 4.39. The van der Waals surface area contributed by atoms with E-state index in [9.17, 15) is 0 Å². The summed E-state index contributed by atoms with van der Waals surface area (Å²) in [6.45, 7) is 2.39. The average Bonchev–Trinajstić information content (AvgIpc) is 2.32. The third-order valence-corrected chi connectivity index (χ3v) is 4.59. The summed E-state index contributed by atoms with van der Waals surface area (Å²) in [6, 6.07) is 5.14. The van der Waals surface area contributed by atoms with Crippen LogP contribution in [0.1, 0.15) is 11.4 Å². The van der Waals surface area contributed by atoms with Crippen LogP contribution in [0, 0.1) is 10.5 Å². The van der Waals surface area contributed by atoms with Gasteiger partial charge in [-0.2, -0.15) is 0 Å². The number of halogens is 3. The first-order chi connectivity index (χ1) is 8.95. The fraction of sp³-hybridized carbons (Fsp3) is 0.167. The van der Waals surface area contributed by atoms with Crippen LogP contribution in [0.5, 0.6) is 0 Å². The van der Waals surface area contributed by atoms with Gasteiger partial charge in [-0.3, -0.25) is 0 Å². The Morgan fingerprint density at radius 2 is 2.00 bits per heavy atom. The number of nitrogens with zero attached hydrogens (tertiary/aromatic N) is 2. The minimum Gasteiger partial charge on any atom is -0.384 e. The van der Waals surface area contributed by atoms with Gasteiger partial charge >= 0.3 is 0 Å². The summed E-state index contributed by atoms with van der Waals surface area (Å²) in [6.07, 6.45) is 0. The van der Waals surface area contributed by atoms with Crippen molar-refractivity contribution in [1.82, 2.24) is 9.97 Å². The first kappa shape index (κ1) is 14.6. The van der Waals surface area contributed by atoms with E-state index in [0.717, 1.165) is 15.0 Å². The Balaban J connectivity index is 2.14. The number of hydrogen-bond acceptors (Lipinski definition) is 4. The van der Waals surface area contributed by atoms with Crippen LogP contribution in [-0.4, -0.2) is 9.97 Å². The number of rotatable bonds is 3. The van der Waals surface area contributed by atoms with Crippen molar-refractivity contribution in [3.05, 3.63) is 43.2 Å². The molecular weight excluding hydrogens is 398 g/mol. The lowest BCUT2D eigenvalue weighted by molar-refractivity contribution is 1.02. The fourth-order valence-corrected chi connectivity index (χ4v) is 2.31. The second-order valence-corrected chi connectivity index (χ2v) is 5.87. The zero-order valence-corrected chi connectivity index (χ0v) is 13.7. The summed E-state index contributed by atoms with van der Waals surface area (Å²) >= 11 is 14.2. The van der Waals surface area contributed by atoms with Gasteiger partial charge in [0.1, 0.15) is 11.6 Å². The van der Waals surface area contributed by atoms with Gasteiger partial charge in [0.15, 0.2) is 0 Å². The van der Waals surface area contributed by atoms with Gasteiger partial charge < -0.3 is 11.1 Å². The summed E-state index contributed by atoms with van der Waals surface area (Å²) in [5.74, 6) is 1.09. The van der Waals surface area contributed by atoms with Gasteiger partial charge in [0.2, 0.25) is 0 Å². The SMILES string of the molecule is Cc1nc(NCc2cc(Cl)cc(N)n2)cc(Cl)c1I. The van der Waals surface area contributed by atoms with E-state index < -0.39 is 0 Å². The Labute approximate surface area is 134 Å². The quantitative estimate of drug-likeness (QED) is 0.756. The van der Waals surface area contributed by atoms with E-state index in [0.29, 0.717) is 28.2 Å². The normalized spacial score (nSPS) is 10.5. The summed E-state index contributed by atoms with van der Waals surface area (Å²) in [4.78, 5) is 8.58. The summed E-state index contributed by atoms with van der Waals surface area (Å²) in [5.41, 5.74) is 7.27. The molecule has 0 bridgehead atoms. The number of hydrogen-bond donors (Lipinski definition) is 2. The van der Waals surface area contributed by atoms with Gasteiger partial charge in [0.05, 0.1) is 26.5 Å². The van der Waals surface area contributed by atoms with Crippen molar-refractivity contribution in [3.8, 4) is 0 Å². The van der Waals surface area contributed by atoms with E-state index in [-0.39, 0.29) is 0 Å². The fourth-order valence-electron chi connectivity index (χ4n) is 1.55. The molecule has 3 N–H and O–H groups in total. The van der Waals surface area contributed by atoms with Crippen molar-refractivity contribution < 1.29 is 0 Å². The number of aromatic nitrogens is 2. The Bertz CT molecular complexity index is 575. The van der Waals surface area contributed by atoms with Gasteiger partial charge in [0.25, 0.3) is 0 Å². The molecule has 4 nitrogen and oxygen atoms in total. The molecule has 0 unspecified atom stereocenters. The molecule has 0 fully saturated rings.